The molecule has 1 aromatic rings. The molecule has 2 unspecified atom stereocenters. The van der Waals surface area contributed by atoms with Crippen LogP contribution in [0.25, 0.3) is 0 Å². The second kappa shape index (κ2) is 10.8. The third kappa shape index (κ3) is 5.32. The lowest BCUT2D eigenvalue weighted by atomic mass is 10.0. The second-order valence-corrected chi connectivity index (χ2v) is 10.3. The summed E-state index contributed by atoms with van der Waals surface area (Å²) < 4.78 is 32.6. The van der Waals surface area contributed by atoms with Crippen LogP contribution in [0.5, 0.6) is 0 Å². The molecule has 3 rings (SSSR count). The summed E-state index contributed by atoms with van der Waals surface area (Å²) in [5.41, 5.74) is 0.617. The van der Waals surface area contributed by atoms with Gasteiger partial charge in [-0.05, 0) is 43.5 Å². The normalized spacial score (nSPS) is 22.1. The summed E-state index contributed by atoms with van der Waals surface area (Å²) in [6.45, 7) is 8.77. The predicted octanol–water partition coefficient (Wildman–Crippen LogP) is 2.49. The SMILES string of the molecule is CCCOC1CCCN(C(=O)C2CC(=O)N(c3ccc(S(=O)(=O)N(CC)CC)cc3)C2)C1. The van der Waals surface area contributed by atoms with Gasteiger partial charge >= 0.3 is 0 Å². The highest BCUT2D eigenvalue weighted by Crippen LogP contribution is 2.29. The minimum absolute atomic E-state index is 0.00591. The van der Waals surface area contributed by atoms with Crippen molar-refractivity contribution in [1.29, 1.82) is 0 Å². The van der Waals surface area contributed by atoms with Gasteiger partial charge in [0.15, 0.2) is 0 Å². The Morgan fingerprint density at radius 2 is 1.81 bits per heavy atom. The average molecular weight is 466 g/mol. The number of ether oxygens (including phenoxy) is 1. The fourth-order valence-corrected chi connectivity index (χ4v) is 5.91. The number of carbonyl (C=O) groups is 2. The van der Waals surface area contributed by atoms with E-state index in [1.807, 2.05) is 4.90 Å². The van der Waals surface area contributed by atoms with E-state index in [0.717, 1.165) is 19.3 Å². The molecule has 2 heterocycles. The third-order valence-electron chi connectivity index (χ3n) is 6.21. The van der Waals surface area contributed by atoms with Gasteiger partial charge in [-0.15, -0.1) is 0 Å². The second-order valence-electron chi connectivity index (χ2n) is 8.41. The number of piperidine rings is 1. The molecule has 0 saturated carbocycles. The van der Waals surface area contributed by atoms with E-state index in [0.29, 0.717) is 45.0 Å². The summed E-state index contributed by atoms with van der Waals surface area (Å²) in [5.74, 6) is -0.489. The Bertz CT molecular complexity index is 899. The maximum absolute atomic E-state index is 13.1. The number of rotatable bonds is 9. The average Bonchev–Trinajstić information content (AvgIpc) is 3.19. The molecule has 0 spiro atoms. The van der Waals surface area contributed by atoms with Crippen molar-refractivity contribution in [3.05, 3.63) is 24.3 Å². The van der Waals surface area contributed by atoms with E-state index in [-0.39, 0.29) is 35.2 Å². The van der Waals surface area contributed by atoms with Crippen LogP contribution in [0.3, 0.4) is 0 Å². The Morgan fingerprint density at radius 3 is 2.44 bits per heavy atom. The molecule has 9 heteroatoms. The quantitative estimate of drug-likeness (QED) is 0.559. The zero-order valence-electron chi connectivity index (χ0n) is 19.3. The zero-order chi connectivity index (χ0) is 23.3. The maximum Gasteiger partial charge on any atom is 0.243 e. The van der Waals surface area contributed by atoms with Crippen LogP contribution in [0.1, 0.15) is 46.5 Å². The number of carbonyl (C=O) groups excluding carboxylic acids is 2. The van der Waals surface area contributed by atoms with E-state index in [4.69, 9.17) is 4.74 Å². The van der Waals surface area contributed by atoms with Crippen molar-refractivity contribution in [2.24, 2.45) is 5.92 Å². The van der Waals surface area contributed by atoms with Gasteiger partial charge in [0, 0.05) is 51.4 Å². The number of hydrogen-bond donors (Lipinski definition) is 0. The first-order valence-electron chi connectivity index (χ1n) is 11.6. The Hall–Kier alpha value is -1.97. The van der Waals surface area contributed by atoms with Crippen molar-refractivity contribution < 1.29 is 22.7 Å². The number of anilines is 1. The molecule has 178 valence electrons. The Balaban J connectivity index is 1.66. The van der Waals surface area contributed by atoms with Crippen molar-refractivity contribution in [3.8, 4) is 0 Å². The molecule has 8 nitrogen and oxygen atoms in total. The number of likely N-dealkylation sites (tertiary alicyclic amines) is 1. The molecule has 2 aliphatic heterocycles. The highest BCUT2D eigenvalue weighted by atomic mass is 32.2. The minimum Gasteiger partial charge on any atom is -0.376 e. The number of hydrogen-bond acceptors (Lipinski definition) is 5. The van der Waals surface area contributed by atoms with Crippen LogP contribution in [0.2, 0.25) is 0 Å². The summed E-state index contributed by atoms with van der Waals surface area (Å²) in [6.07, 6.45) is 3.07. The number of sulfonamides is 1. The molecule has 2 saturated heterocycles. The maximum atomic E-state index is 13.1. The molecule has 1 aromatic carbocycles. The number of benzene rings is 1. The summed E-state index contributed by atoms with van der Waals surface area (Å²) >= 11 is 0. The van der Waals surface area contributed by atoms with Gasteiger partial charge < -0.3 is 14.5 Å². The number of amides is 2. The summed E-state index contributed by atoms with van der Waals surface area (Å²) in [7, 11) is -3.55. The van der Waals surface area contributed by atoms with Gasteiger partial charge in [-0.25, -0.2) is 8.42 Å². The molecule has 0 aromatic heterocycles. The standard InChI is InChI=1S/C23H35N3O5S/c1-4-14-31-20-8-7-13-24(17-20)23(28)18-15-22(27)26(16-18)19-9-11-21(12-10-19)32(29,30)25(5-2)6-3/h9-12,18,20H,4-8,13-17H2,1-3H3. The predicted molar refractivity (Wildman–Crippen MR) is 123 cm³/mol. The lowest BCUT2D eigenvalue weighted by Crippen LogP contribution is -2.46. The lowest BCUT2D eigenvalue weighted by molar-refractivity contribution is -0.139. The van der Waals surface area contributed by atoms with Crippen LogP contribution >= 0.6 is 0 Å². The Kier molecular flexibility index (Phi) is 8.30. The van der Waals surface area contributed by atoms with Crippen molar-refractivity contribution >= 4 is 27.5 Å². The largest absolute Gasteiger partial charge is 0.376 e. The molecule has 0 N–H and O–H groups in total. The van der Waals surface area contributed by atoms with Crippen LogP contribution in [-0.4, -0.2) is 74.9 Å². The molecule has 0 bridgehead atoms. The Labute approximate surface area is 191 Å². The monoisotopic (exact) mass is 465 g/mol. The highest BCUT2D eigenvalue weighted by Gasteiger charge is 2.38. The van der Waals surface area contributed by atoms with Gasteiger partial charge in [0.1, 0.15) is 0 Å². The van der Waals surface area contributed by atoms with Crippen LogP contribution in [0.4, 0.5) is 5.69 Å². The molecule has 0 radical (unpaired) electrons. The molecular weight excluding hydrogens is 430 g/mol. The van der Waals surface area contributed by atoms with E-state index in [1.165, 1.54) is 16.4 Å². The van der Waals surface area contributed by atoms with Gasteiger partial charge in [0.25, 0.3) is 0 Å². The molecule has 2 amide bonds. The van der Waals surface area contributed by atoms with E-state index in [2.05, 4.69) is 6.92 Å². The van der Waals surface area contributed by atoms with Crippen molar-refractivity contribution in [2.75, 3.05) is 44.2 Å². The van der Waals surface area contributed by atoms with Crippen LogP contribution in [0, 0.1) is 5.92 Å². The van der Waals surface area contributed by atoms with Gasteiger partial charge in [-0.1, -0.05) is 20.8 Å². The molecular formula is C23H35N3O5S. The molecule has 2 aliphatic rings. The number of nitrogens with zero attached hydrogens (tertiary/aromatic N) is 3. The topological polar surface area (TPSA) is 87.2 Å². The molecule has 32 heavy (non-hydrogen) atoms. The summed E-state index contributed by atoms with van der Waals surface area (Å²) in [6, 6.07) is 6.37. The van der Waals surface area contributed by atoms with Crippen LogP contribution < -0.4 is 4.90 Å². The third-order valence-corrected chi connectivity index (χ3v) is 8.28. The zero-order valence-corrected chi connectivity index (χ0v) is 20.1. The minimum atomic E-state index is -3.55. The van der Waals surface area contributed by atoms with E-state index in [9.17, 15) is 18.0 Å². The van der Waals surface area contributed by atoms with Gasteiger partial charge in [0.05, 0.1) is 16.9 Å². The fraction of sp³-hybridized carbons (Fsp3) is 0.652. The first kappa shape index (κ1) is 24.7. The summed E-state index contributed by atoms with van der Waals surface area (Å²) in [5, 5.41) is 0. The first-order valence-corrected chi connectivity index (χ1v) is 13.1. The van der Waals surface area contributed by atoms with Crippen molar-refractivity contribution in [3.63, 3.8) is 0 Å². The first-order chi connectivity index (χ1) is 15.3. The van der Waals surface area contributed by atoms with Crippen LogP contribution in [-0.2, 0) is 24.3 Å². The molecule has 2 atom stereocenters. The fourth-order valence-electron chi connectivity index (χ4n) is 4.45. The van der Waals surface area contributed by atoms with E-state index >= 15 is 0 Å². The van der Waals surface area contributed by atoms with E-state index < -0.39 is 10.0 Å². The van der Waals surface area contributed by atoms with Crippen LogP contribution in [0.15, 0.2) is 29.2 Å². The van der Waals surface area contributed by atoms with Gasteiger partial charge in [0.2, 0.25) is 21.8 Å². The molecule has 0 aliphatic carbocycles. The summed E-state index contributed by atoms with van der Waals surface area (Å²) in [4.78, 5) is 29.4. The molecule has 2 fully saturated rings. The Morgan fingerprint density at radius 1 is 1.12 bits per heavy atom. The lowest BCUT2D eigenvalue weighted by Gasteiger charge is -2.34. The van der Waals surface area contributed by atoms with Crippen molar-refractivity contribution in [1.82, 2.24) is 9.21 Å². The van der Waals surface area contributed by atoms with Crippen molar-refractivity contribution in [2.45, 2.75) is 57.5 Å². The van der Waals surface area contributed by atoms with Gasteiger partial charge in [-0.2, -0.15) is 4.31 Å². The highest BCUT2D eigenvalue weighted by molar-refractivity contribution is 7.89. The van der Waals surface area contributed by atoms with E-state index in [1.54, 1.807) is 30.9 Å². The van der Waals surface area contributed by atoms with Gasteiger partial charge in [-0.3, -0.25) is 9.59 Å². The smallest absolute Gasteiger partial charge is 0.243 e.